The fourth-order valence-electron chi connectivity index (χ4n) is 3.39. The average molecular weight is 296 g/mol. The minimum Gasteiger partial charge on any atom is -0.306 e. The number of likely N-dealkylation sites (N-methyl/N-ethyl adjacent to an activating group) is 2. The van der Waals surface area contributed by atoms with E-state index in [1.54, 1.807) is 0 Å². The summed E-state index contributed by atoms with van der Waals surface area (Å²) in [5.74, 6) is 0. The molecule has 0 saturated heterocycles. The summed E-state index contributed by atoms with van der Waals surface area (Å²) in [4.78, 5) is 0. The predicted molar refractivity (Wildman–Crippen MR) is 94.9 cm³/mol. The summed E-state index contributed by atoms with van der Waals surface area (Å²) in [5.41, 5.74) is 2.18. The van der Waals surface area contributed by atoms with Crippen LogP contribution >= 0.6 is 0 Å². The average Bonchev–Trinajstić information content (AvgIpc) is 2.56. The lowest BCUT2D eigenvalue weighted by atomic mass is 9.70. The Hall–Kier alpha value is -1.64. The van der Waals surface area contributed by atoms with Gasteiger partial charge in [-0.05, 0) is 38.1 Å². The van der Waals surface area contributed by atoms with Gasteiger partial charge in [-0.1, -0.05) is 74.5 Å². The Morgan fingerprint density at radius 2 is 0.955 bits per heavy atom. The summed E-state index contributed by atoms with van der Waals surface area (Å²) in [6, 6.07) is 21.4. The van der Waals surface area contributed by atoms with Crippen LogP contribution in [-0.2, 0) is 11.1 Å². The normalized spacial score (nSPS) is 16.7. The molecule has 2 N–H and O–H groups in total. The number of hydrogen-bond donors (Lipinski definition) is 2. The van der Waals surface area contributed by atoms with Crippen molar-refractivity contribution in [3.05, 3.63) is 71.8 Å². The molecule has 0 saturated carbocycles. The molecule has 0 bridgehead atoms. The Balaban J connectivity index is 2.60. The molecule has 0 aliphatic carbocycles. The number of hydrogen-bond acceptors (Lipinski definition) is 2. The van der Waals surface area contributed by atoms with Gasteiger partial charge in [0.2, 0.25) is 0 Å². The van der Waals surface area contributed by atoms with Crippen LogP contribution in [0.25, 0.3) is 0 Å². The van der Waals surface area contributed by atoms with Crippen LogP contribution in [0.15, 0.2) is 60.7 Å². The molecule has 2 aromatic rings. The molecule has 0 aliphatic heterocycles. The van der Waals surface area contributed by atoms with E-state index in [1.807, 2.05) is 0 Å². The highest BCUT2D eigenvalue weighted by atomic mass is 15.1. The maximum atomic E-state index is 3.74. The molecule has 2 atom stereocenters. The van der Waals surface area contributed by atoms with Gasteiger partial charge in [0, 0.05) is 0 Å². The van der Waals surface area contributed by atoms with E-state index in [4.69, 9.17) is 0 Å². The second kappa shape index (κ2) is 7.08. The van der Waals surface area contributed by atoms with Crippen LogP contribution in [0.2, 0.25) is 0 Å². The van der Waals surface area contributed by atoms with Crippen molar-refractivity contribution in [2.24, 2.45) is 0 Å². The Kier molecular flexibility index (Phi) is 5.38. The maximum absolute atomic E-state index is 3.74. The van der Waals surface area contributed by atoms with Crippen molar-refractivity contribution in [1.82, 2.24) is 10.6 Å². The summed E-state index contributed by atoms with van der Waals surface area (Å²) >= 11 is 0. The van der Waals surface area contributed by atoms with Crippen molar-refractivity contribution in [3.63, 3.8) is 0 Å². The molecular weight excluding hydrogens is 268 g/mol. The smallest absolute Gasteiger partial charge is 0.0630 e. The van der Waals surface area contributed by atoms with Gasteiger partial charge in [0.15, 0.2) is 0 Å². The summed E-state index contributed by atoms with van der Waals surface area (Å²) in [6.45, 7) is 10.7. The van der Waals surface area contributed by atoms with E-state index in [0.717, 1.165) is 13.1 Å². The van der Waals surface area contributed by atoms with Crippen LogP contribution < -0.4 is 10.6 Å². The van der Waals surface area contributed by atoms with Crippen LogP contribution in [0.4, 0.5) is 0 Å². The summed E-state index contributed by atoms with van der Waals surface area (Å²) in [7, 11) is 0. The number of benzene rings is 2. The van der Waals surface area contributed by atoms with Gasteiger partial charge in [0.05, 0.1) is 11.1 Å². The van der Waals surface area contributed by atoms with Crippen molar-refractivity contribution < 1.29 is 0 Å². The van der Waals surface area contributed by atoms with Gasteiger partial charge in [-0.3, -0.25) is 0 Å². The molecular formula is C20H28N2. The van der Waals surface area contributed by atoms with Crippen molar-refractivity contribution in [2.45, 2.75) is 38.8 Å². The number of rotatable bonds is 7. The molecule has 0 fully saturated rings. The fourth-order valence-corrected chi connectivity index (χ4v) is 3.39. The van der Waals surface area contributed by atoms with E-state index >= 15 is 0 Å². The zero-order valence-corrected chi connectivity index (χ0v) is 14.2. The highest BCUT2D eigenvalue weighted by molar-refractivity contribution is 5.36. The molecule has 2 nitrogen and oxygen atoms in total. The molecule has 2 rings (SSSR count). The Bertz CT molecular complexity index is 513. The predicted octanol–water partition coefficient (Wildman–Crippen LogP) is 4.04. The van der Waals surface area contributed by atoms with E-state index in [0.29, 0.717) is 0 Å². The molecule has 2 heteroatoms. The van der Waals surface area contributed by atoms with E-state index in [9.17, 15) is 0 Å². The van der Waals surface area contributed by atoms with Crippen LogP contribution in [0.1, 0.15) is 38.8 Å². The Morgan fingerprint density at radius 3 is 1.23 bits per heavy atom. The SMILES string of the molecule is CCNC(C)(c1ccccc1)C(C)(NCC)c1ccccc1. The maximum Gasteiger partial charge on any atom is 0.0630 e. The first-order valence-corrected chi connectivity index (χ1v) is 8.19. The molecule has 0 heterocycles. The van der Waals surface area contributed by atoms with E-state index in [1.165, 1.54) is 11.1 Å². The third-order valence-corrected chi connectivity index (χ3v) is 4.76. The number of nitrogens with one attached hydrogen (secondary N) is 2. The third kappa shape index (κ3) is 2.94. The standard InChI is InChI=1S/C20H28N2/c1-5-21-19(3,17-13-9-7-10-14-17)20(4,22-6-2)18-15-11-8-12-16-18/h7-16,21-22H,5-6H2,1-4H3. The lowest BCUT2D eigenvalue weighted by Crippen LogP contribution is -2.61. The van der Waals surface area contributed by atoms with Crippen LogP contribution in [0, 0.1) is 0 Å². The Morgan fingerprint density at radius 1 is 0.636 bits per heavy atom. The first-order valence-electron chi connectivity index (χ1n) is 8.19. The summed E-state index contributed by atoms with van der Waals surface area (Å²) < 4.78 is 0. The lowest BCUT2D eigenvalue weighted by Gasteiger charge is -2.48. The molecule has 0 aromatic heterocycles. The van der Waals surface area contributed by atoms with E-state index in [2.05, 4.69) is 99.0 Å². The van der Waals surface area contributed by atoms with Crippen LogP contribution in [0.5, 0.6) is 0 Å². The first kappa shape index (κ1) is 16.7. The molecule has 0 aliphatic rings. The summed E-state index contributed by atoms with van der Waals surface area (Å²) in [5, 5.41) is 7.47. The topological polar surface area (TPSA) is 24.1 Å². The van der Waals surface area contributed by atoms with E-state index in [-0.39, 0.29) is 11.1 Å². The van der Waals surface area contributed by atoms with Gasteiger partial charge in [0.25, 0.3) is 0 Å². The van der Waals surface area contributed by atoms with Gasteiger partial charge >= 0.3 is 0 Å². The van der Waals surface area contributed by atoms with Crippen molar-refractivity contribution in [3.8, 4) is 0 Å². The second-order valence-corrected chi connectivity index (χ2v) is 6.04. The highest BCUT2D eigenvalue weighted by Gasteiger charge is 2.45. The largest absolute Gasteiger partial charge is 0.306 e. The molecule has 2 aromatic carbocycles. The monoisotopic (exact) mass is 296 g/mol. The van der Waals surface area contributed by atoms with Crippen molar-refractivity contribution in [1.29, 1.82) is 0 Å². The molecule has 118 valence electrons. The quantitative estimate of drug-likeness (QED) is 0.806. The van der Waals surface area contributed by atoms with Gasteiger partial charge in [-0.15, -0.1) is 0 Å². The third-order valence-electron chi connectivity index (χ3n) is 4.76. The van der Waals surface area contributed by atoms with Crippen LogP contribution in [-0.4, -0.2) is 13.1 Å². The molecule has 22 heavy (non-hydrogen) atoms. The fraction of sp³-hybridized carbons (Fsp3) is 0.400. The Labute approximate surface area is 135 Å². The van der Waals surface area contributed by atoms with Crippen LogP contribution in [0.3, 0.4) is 0 Å². The van der Waals surface area contributed by atoms with E-state index < -0.39 is 0 Å². The van der Waals surface area contributed by atoms with Gasteiger partial charge in [-0.2, -0.15) is 0 Å². The minimum absolute atomic E-state index is 0.208. The second-order valence-electron chi connectivity index (χ2n) is 6.04. The van der Waals surface area contributed by atoms with Gasteiger partial charge in [0.1, 0.15) is 0 Å². The molecule has 0 amide bonds. The zero-order chi connectivity index (χ0) is 16.1. The van der Waals surface area contributed by atoms with Crippen molar-refractivity contribution >= 4 is 0 Å². The van der Waals surface area contributed by atoms with Gasteiger partial charge < -0.3 is 10.6 Å². The molecule has 0 spiro atoms. The first-order chi connectivity index (χ1) is 10.6. The van der Waals surface area contributed by atoms with Gasteiger partial charge in [-0.25, -0.2) is 0 Å². The molecule has 2 unspecified atom stereocenters. The summed E-state index contributed by atoms with van der Waals surface area (Å²) in [6.07, 6.45) is 0. The highest BCUT2D eigenvalue weighted by Crippen LogP contribution is 2.40. The minimum atomic E-state index is -0.208. The van der Waals surface area contributed by atoms with Crippen molar-refractivity contribution in [2.75, 3.05) is 13.1 Å². The molecule has 0 radical (unpaired) electrons. The zero-order valence-electron chi connectivity index (χ0n) is 14.2. The lowest BCUT2D eigenvalue weighted by molar-refractivity contribution is 0.161.